The molecule has 1 aliphatic carbocycles. The number of aromatic nitrogens is 2. The first kappa shape index (κ1) is 11.7. The third-order valence-corrected chi connectivity index (χ3v) is 3.91. The summed E-state index contributed by atoms with van der Waals surface area (Å²) in [6.45, 7) is 0.892. The minimum Gasteiger partial charge on any atom is -0.310 e. The molecule has 0 radical (unpaired) electrons. The molecule has 3 heteroatoms. The van der Waals surface area contributed by atoms with Crippen LogP contribution in [0.15, 0.2) is 48.7 Å². The van der Waals surface area contributed by atoms with Crippen LogP contribution in [0.4, 0.5) is 0 Å². The standard InChI is InChI=1S/C17H17N3/c1-2-4-13-9-14(6-5-12(13)3-1)17-15(11-19-20-17)10-18-16-7-8-16/h1-6,9,11,16,18H,7-8,10H2,(H,19,20). The molecule has 2 N–H and O–H groups in total. The van der Waals surface area contributed by atoms with Gasteiger partial charge in [-0.1, -0.05) is 36.4 Å². The van der Waals surface area contributed by atoms with Crippen molar-refractivity contribution in [2.75, 3.05) is 0 Å². The molecule has 100 valence electrons. The number of nitrogens with one attached hydrogen (secondary N) is 2. The maximum Gasteiger partial charge on any atom is 0.0695 e. The minimum atomic E-state index is 0.717. The van der Waals surface area contributed by atoms with Gasteiger partial charge in [-0.15, -0.1) is 0 Å². The molecule has 4 rings (SSSR count). The Bertz CT molecular complexity index is 741. The molecule has 1 heterocycles. The van der Waals surface area contributed by atoms with E-state index in [4.69, 9.17) is 0 Å². The Hall–Kier alpha value is -2.13. The van der Waals surface area contributed by atoms with Crippen molar-refractivity contribution in [3.8, 4) is 11.3 Å². The molecule has 0 atom stereocenters. The molecule has 1 saturated carbocycles. The average Bonchev–Trinajstić information content (AvgIpc) is 3.21. The van der Waals surface area contributed by atoms with Crippen molar-refractivity contribution >= 4 is 10.8 Å². The van der Waals surface area contributed by atoms with Crippen LogP contribution in [0, 0.1) is 0 Å². The summed E-state index contributed by atoms with van der Waals surface area (Å²) < 4.78 is 0. The molecule has 1 fully saturated rings. The molecule has 1 aliphatic rings. The summed E-state index contributed by atoms with van der Waals surface area (Å²) in [5.41, 5.74) is 3.57. The predicted molar refractivity (Wildman–Crippen MR) is 81.4 cm³/mol. The number of hydrogen-bond donors (Lipinski definition) is 2. The monoisotopic (exact) mass is 263 g/mol. The van der Waals surface area contributed by atoms with Crippen molar-refractivity contribution in [3.63, 3.8) is 0 Å². The molecule has 0 unspecified atom stereocenters. The molecule has 3 aromatic rings. The second-order valence-corrected chi connectivity index (χ2v) is 5.49. The third kappa shape index (κ3) is 2.21. The van der Waals surface area contributed by atoms with E-state index in [2.05, 4.69) is 58.0 Å². The van der Waals surface area contributed by atoms with Crippen LogP contribution in [-0.4, -0.2) is 16.2 Å². The number of H-pyrrole nitrogens is 1. The fraction of sp³-hybridized carbons (Fsp3) is 0.235. The second-order valence-electron chi connectivity index (χ2n) is 5.49. The maximum absolute atomic E-state index is 4.21. The maximum atomic E-state index is 4.21. The fourth-order valence-corrected chi connectivity index (χ4v) is 2.58. The topological polar surface area (TPSA) is 40.7 Å². The van der Waals surface area contributed by atoms with Gasteiger partial charge >= 0.3 is 0 Å². The van der Waals surface area contributed by atoms with Gasteiger partial charge < -0.3 is 5.32 Å². The molecule has 3 nitrogen and oxygen atoms in total. The Balaban J connectivity index is 1.69. The molecular weight excluding hydrogens is 246 g/mol. The number of hydrogen-bond acceptors (Lipinski definition) is 2. The number of fused-ring (bicyclic) bond motifs is 1. The quantitative estimate of drug-likeness (QED) is 0.756. The molecule has 0 aliphatic heterocycles. The van der Waals surface area contributed by atoms with Crippen LogP contribution < -0.4 is 5.32 Å². The van der Waals surface area contributed by atoms with Gasteiger partial charge in [0, 0.05) is 23.7 Å². The number of aromatic amines is 1. The Morgan fingerprint density at radius 3 is 2.80 bits per heavy atom. The Morgan fingerprint density at radius 1 is 1.10 bits per heavy atom. The lowest BCUT2D eigenvalue weighted by atomic mass is 10.0. The van der Waals surface area contributed by atoms with Gasteiger partial charge in [0.15, 0.2) is 0 Å². The number of benzene rings is 2. The molecule has 0 saturated heterocycles. The highest BCUT2D eigenvalue weighted by atomic mass is 15.1. The molecule has 2 aromatic carbocycles. The second kappa shape index (κ2) is 4.76. The molecule has 1 aromatic heterocycles. The Labute approximate surface area is 118 Å². The van der Waals surface area contributed by atoms with Crippen molar-refractivity contribution in [3.05, 3.63) is 54.2 Å². The first-order valence-electron chi connectivity index (χ1n) is 7.15. The highest BCUT2D eigenvalue weighted by molar-refractivity contribution is 5.87. The summed E-state index contributed by atoms with van der Waals surface area (Å²) in [7, 11) is 0. The number of nitrogens with zero attached hydrogens (tertiary/aromatic N) is 1. The smallest absolute Gasteiger partial charge is 0.0695 e. The van der Waals surface area contributed by atoms with Crippen LogP contribution >= 0.6 is 0 Å². The first-order valence-corrected chi connectivity index (χ1v) is 7.15. The van der Waals surface area contributed by atoms with Gasteiger partial charge in [0.2, 0.25) is 0 Å². The Kier molecular flexibility index (Phi) is 2.78. The zero-order chi connectivity index (χ0) is 13.4. The van der Waals surface area contributed by atoms with Crippen molar-refractivity contribution in [2.24, 2.45) is 0 Å². The minimum absolute atomic E-state index is 0.717. The largest absolute Gasteiger partial charge is 0.310 e. The van der Waals surface area contributed by atoms with E-state index in [1.54, 1.807) is 0 Å². The van der Waals surface area contributed by atoms with E-state index in [-0.39, 0.29) is 0 Å². The van der Waals surface area contributed by atoms with Gasteiger partial charge in [-0.3, -0.25) is 5.10 Å². The highest BCUT2D eigenvalue weighted by Crippen LogP contribution is 2.26. The number of rotatable bonds is 4. The molecule has 0 spiro atoms. The summed E-state index contributed by atoms with van der Waals surface area (Å²) in [6.07, 6.45) is 4.55. The lowest BCUT2D eigenvalue weighted by Crippen LogP contribution is -2.15. The van der Waals surface area contributed by atoms with E-state index >= 15 is 0 Å². The van der Waals surface area contributed by atoms with Gasteiger partial charge in [-0.05, 0) is 29.7 Å². The lowest BCUT2D eigenvalue weighted by molar-refractivity contribution is 0.689. The summed E-state index contributed by atoms with van der Waals surface area (Å²) >= 11 is 0. The summed E-state index contributed by atoms with van der Waals surface area (Å²) in [4.78, 5) is 0. The molecule has 20 heavy (non-hydrogen) atoms. The zero-order valence-corrected chi connectivity index (χ0v) is 11.3. The SMILES string of the molecule is c1ccc2cc(-c3[nH]ncc3CNC3CC3)ccc2c1. The molecule has 0 amide bonds. The molecule has 0 bridgehead atoms. The van der Waals surface area contributed by atoms with Gasteiger partial charge in [-0.25, -0.2) is 0 Å². The van der Waals surface area contributed by atoms with E-state index in [1.165, 1.54) is 34.7 Å². The van der Waals surface area contributed by atoms with Gasteiger partial charge in [0.1, 0.15) is 0 Å². The van der Waals surface area contributed by atoms with E-state index in [0.717, 1.165) is 12.2 Å². The van der Waals surface area contributed by atoms with Crippen LogP contribution in [0.25, 0.3) is 22.0 Å². The highest BCUT2D eigenvalue weighted by Gasteiger charge is 2.21. The van der Waals surface area contributed by atoms with E-state index in [9.17, 15) is 0 Å². The van der Waals surface area contributed by atoms with E-state index < -0.39 is 0 Å². The van der Waals surface area contributed by atoms with Crippen molar-refractivity contribution < 1.29 is 0 Å². The third-order valence-electron chi connectivity index (χ3n) is 3.91. The van der Waals surface area contributed by atoms with Crippen molar-refractivity contribution in [2.45, 2.75) is 25.4 Å². The van der Waals surface area contributed by atoms with Gasteiger partial charge in [-0.2, -0.15) is 5.10 Å². The predicted octanol–water partition coefficient (Wildman–Crippen LogP) is 3.48. The first-order chi connectivity index (χ1) is 9.90. The van der Waals surface area contributed by atoms with E-state index in [0.29, 0.717) is 6.04 Å². The van der Waals surface area contributed by atoms with Crippen LogP contribution in [0.5, 0.6) is 0 Å². The van der Waals surface area contributed by atoms with Gasteiger partial charge in [0.25, 0.3) is 0 Å². The molecular formula is C17H17N3. The summed E-state index contributed by atoms with van der Waals surface area (Å²) in [5, 5.41) is 13.4. The van der Waals surface area contributed by atoms with Crippen molar-refractivity contribution in [1.29, 1.82) is 0 Å². The lowest BCUT2D eigenvalue weighted by Gasteiger charge is -2.06. The zero-order valence-electron chi connectivity index (χ0n) is 11.3. The van der Waals surface area contributed by atoms with Crippen molar-refractivity contribution in [1.82, 2.24) is 15.5 Å². The fourth-order valence-electron chi connectivity index (χ4n) is 2.58. The van der Waals surface area contributed by atoms with Crippen LogP contribution in [-0.2, 0) is 6.54 Å². The van der Waals surface area contributed by atoms with Crippen LogP contribution in [0.1, 0.15) is 18.4 Å². The average molecular weight is 263 g/mol. The summed E-state index contributed by atoms with van der Waals surface area (Å²) in [6, 6.07) is 15.7. The van der Waals surface area contributed by atoms with Crippen LogP contribution in [0.3, 0.4) is 0 Å². The summed E-state index contributed by atoms with van der Waals surface area (Å²) in [5.74, 6) is 0. The van der Waals surface area contributed by atoms with E-state index in [1.807, 2.05) is 6.20 Å². The van der Waals surface area contributed by atoms with Gasteiger partial charge in [0.05, 0.1) is 11.9 Å². The normalized spacial score (nSPS) is 14.8. The van der Waals surface area contributed by atoms with Crippen LogP contribution in [0.2, 0.25) is 0 Å². The Morgan fingerprint density at radius 2 is 1.95 bits per heavy atom.